The van der Waals surface area contributed by atoms with Gasteiger partial charge in [0.15, 0.2) is 0 Å². The Labute approximate surface area is 83.9 Å². The zero-order valence-corrected chi connectivity index (χ0v) is 9.89. The fourth-order valence-electron chi connectivity index (χ4n) is 0.655. The molecule has 0 N–H and O–H groups in total. The molecule has 0 spiro atoms. The average Bonchev–Trinajstić information content (AvgIpc) is 1.81. The van der Waals surface area contributed by atoms with Crippen molar-refractivity contribution in [3.05, 3.63) is 0 Å². The summed E-state index contributed by atoms with van der Waals surface area (Å²) >= 11 is 4.36. The summed E-state index contributed by atoms with van der Waals surface area (Å²) in [5.74, 6) is 0. The molecule has 0 saturated heterocycles. The molecule has 0 amide bonds. The van der Waals surface area contributed by atoms with Crippen molar-refractivity contribution in [3.8, 4) is 0 Å². The van der Waals surface area contributed by atoms with Gasteiger partial charge in [-0.1, -0.05) is 0 Å². The van der Waals surface area contributed by atoms with Crippen LogP contribution in [0.4, 0.5) is 0 Å². The van der Waals surface area contributed by atoms with Gasteiger partial charge in [0.1, 0.15) is 0 Å². The Kier molecular flexibility index (Phi) is 5.61. The predicted molar refractivity (Wildman–Crippen MR) is 55.1 cm³/mol. The van der Waals surface area contributed by atoms with Crippen molar-refractivity contribution >= 4 is 25.1 Å². The minimum atomic E-state index is -3.42. The van der Waals surface area contributed by atoms with Gasteiger partial charge in [0.2, 0.25) is 0 Å². The Hall–Kier alpha value is -0.0500. The molecule has 0 aliphatic carbocycles. The number of thiocarbonyl (C=S) groups is 1. The van der Waals surface area contributed by atoms with Crippen LogP contribution in [0.2, 0.25) is 0 Å². The van der Waals surface area contributed by atoms with E-state index in [0.717, 1.165) is 0 Å². The van der Waals surface area contributed by atoms with Gasteiger partial charge >= 0.3 is 7.75 Å². The highest BCUT2D eigenvalue weighted by atomic mass is 32.1. The third kappa shape index (κ3) is 6.08. The first kappa shape index (κ1) is 12.9. The lowest BCUT2D eigenvalue weighted by Crippen LogP contribution is -2.06. The van der Waals surface area contributed by atoms with Crippen LogP contribution in [0.3, 0.4) is 0 Å². The highest BCUT2D eigenvalue weighted by molar-refractivity contribution is 7.78. The Balaban J connectivity index is 4.53. The van der Waals surface area contributed by atoms with Crippen LogP contribution in [0.15, 0.2) is 4.76 Å². The standard InChI is InChI=1S/C7H14NO3PS/c1-6(2)10-12(9,8-5-13)11-7(3)4/h6-7H,1-4H3. The molecule has 0 radical (unpaired) electrons. The zero-order valence-electron chi connectivity index (χ0n) is 8.18. The second kappa shape index (κ2) is 5.63. The lowest BCUT2D eigenvalue weighted by Gasteiger charge is -2.16. The molecule has 0 saturated carbocycles. The molecule has 0 aliphatic heterocycles. The molecule has 0 unspecified atom stereocenters. The minimum Gasteiger partial charge on any atom is -0.288 e. The molecule has 0 rings (SSSR count). The van der Waals surface area contributed by atoms with Crippen LogP contribution in [-0.2, 0) is 13.6 Å². The van der Waals surface area contributed by atoms with Gasteiger partial charge in [-0.2, -0.15) is 0 Å². The van der Waals surface area contributed by atoms with Crippen molar-refractivity contribution in [2.75, 3.05) is 0 Å². The summed E-state index contributed by atoms with van der Waals surface area (Å²) in [5, 5.41) is 2.01. The summed E-state index contributed by atoms with van der Waals surface area (Å²) in [7, 11) is -3.42. The minimum absolute atomic E-state index is 0.225. The molecule has 13 heavy (non-hydrogen) atoms. The average molecular weight is 223 g/mol. The van der Waals surface area contributed by atoms with Gasteiger partial charge in [0.25, 0.3) is 0 Å². The van der Waals surface area contributed by atoms with Crippen LogP contribution in [-0.4, -0.2) is 17.4 Å². The molecular weight excluding hydrogens is 209 g/mol. The highest BCUT2D eigenvalue weighted by Gasteiger charge is 2.26. The second-order valence-electron chi connectivity index (χ2n) is 2.97. The maximum atomic E-state index is 11.7. The largest absolute Gasteiger partial charge is 0.463 e. The Morgan fingerprint density at radius 3 is 1.85 bits per heavy atom. The van der Waals surface area contributed by atoms with Gasteiger partial charge in [-0.25, -0.2) is 4.57 Å². The van der Waals surface area contributed by atoms with Gasteiger partial charge in [0.05, 0.1) is 17.4 Å². The van der Waals surface area contributed by atoms with Crippen LogP contribution < -0.4 is 0 Å². The topological polar surface area (TPSA) is 47.9 Å². The van der Waals surface area contributed by atoms with Crippen molar-refractivity contribution in [1.82, 2.24) is 0 Å². The Bertz CT molecular complexity index is 234. The molecule has 0 aromatic rings. The van der Waals surface area contributed by atoms with E-state index in [1.54, 1.807) is 27.7 Å². The van der Waals surface area contributed by atoms with Crippen LogP contribution in [0.5, 0.6) is 0 Å². The van der Waals surface area contributed by atoms with E-state index in [1.807, 2.05) is 5.16 Å². The van der Waals surface area contributed by atoms with Gasteiger partial charge in [-0.3, -0.25) is 9.05 Å². The second-order valence-corrected chi connectivity index (χ2v) is 4.71. The zero-order chi connectivity index (χ0) is 10.5. The first-order valence-electron chi connectivity index (χ1n) is 3.96. The Morgan fingerprint density at radius 1 is 1.23 bits per heavy atom. The fraction of sp³-hybridized carbons (Fsp3) is 0.857. The molecule has 4 nitrogen and oxygen atoms in total. The summed E-state index contributed by atoms with van der Waals surface area (Å²) in [6, 6.07) is 0. The van der Waals surface area contributed by atoms with E-state index in [0.29, 0.717) is 0 Å². The van der Waals surface area contributed by atoms with Gasteiger partial charge in [-0.15, -0.1) is 4.76 Å². The van der Waals surface area contributed by atoms with Crippen LogP contribution >= 0.6 is 20.0 Å². The first-order valence-corrected chi connectivity index (χ1v) is 5.86. The molecule has 0 aromatic carbocycles. The van der Waals surface area contributed by atoms with Crippen molar-refractivity contribution in [2.24, 2.45) is 4.76 Å². The van der Waals surface area contributed by atoms with Crippen molar-refractivity contribution in [2.45, 2.75) is 39.9 Å². The smallest absolute Gasteiger partial charge is 0.288 e. The van der Waals surface area contributed by atoms with Crippen molar-refractivity contribution in [3.63, 3.8) is 0 Å². The van der Waals surface area contributed by atoms with E-state index >= 15 is 0 Å². The van der Waals surface area contributed by atoms with E-state index < -0.39 is 7.75 Å². The van der Waals surface area contributed by atoms with E-state index in [9.17, 15) is 4.57 Å². The molecule has 0 fully saturated rings. The number of rotatable bonds is 5. The SMILES string of the molecule is CC(C)OP(=O)(N=C=S)OC(C)C. The van der Waals surface area contributed by atoms with E-state index in [1.165, 1.54) is 0 Å². The van der Waals surface area contributed by atoms with E-state index in [4.69, 9.17) is 9.05 Å². The first-order chi connectivity index (χ1) is 5.89. The summed E-state index contributed by atoms with van der Waals surface area (Å²) in [6.45, 7) is 6.98. The monoisotopic (exact) mass is 223 g/mol. The van der Waals surface area contributed by atoms with Crippen molar-refractivity contribution in [1.29, 1.82) is 0 Å². The Morgan fingerprint density at radius 2 is 1.62 bits per heavy atom. The molecule has 0 atom stereocenters. The molecule has 0 aromatic heterocycles. The van der Waals surface area contributed by atoms with Gasteiger partial charge < -0.3 is 0 Å². The molecular formula is C7H14NO3PS. The van der Waals surface area contributed by atoms with Crippen LogP contribution in [0, 0.1) is 0 Å². The van der Waals surface area contributed by atoms with E-state index in [2.05, 4.69) is 17.0 Å². The normalized spacial score (nSPS) is 11.8. The summed E-state index contributed by atoms with van der Waals surface area (Å²) < 4.78 is 25.2. The highest BCUT2D eigenvalue weighted by Crippen LogP contribution is 2.51. The van der Waals surface area contributed by atoms with Crippen LogP contribution in [0.25, 0.3) is 0 Å². The number of hydrogen-bond donors (Lipinski definition) is 0. The number of hydrogen-bond acceptors (Lipinski definition) is 4. The molecule has 0 aliphatic rings. The summed E-state index contributed by atoms with van der Waals surface area (Å²) in [4.78, 5) is 0. The third-order valence-electron chi connectivity index (χ3n) is 0.851. The molecule has 0 heterocycles. The third-order valence-corrected chi connectivity index (χ3v) is 2.80. The molecule has 0 bridgehead atoms. The maximum absolute atomic E-state index is 11.7. The summed E-state index contributed by atoms with van der Waals surface area (Å²) in [5.41, 5.74) is 0. The van der Waals surface area contributed by atoms with Crippen molar-refractivity contribution < 1.29 is 13.6 Å². The fourth-order valence-corrected chi connectivity index (χ4v) is 2.26. The van der Waals surface area contributed by atoms with E-state index in [-0.39, 0.29) is 12.2 Å². The van der Waals surface area contributed by atoms with Crippen LogP contribution in [0.1, 0.15) is 27.7 Å². The lowest BCUT2D eigenvalue weighted by molar-refractivity contribution is 0.143. The molecule has 6 heteroatoms. The molecule has 76 valence electrons. The number of nitrogens with zero attached hydrogens (tertiary/aromatic N) is 1. The summed E-state index contributed by atoms with van der Waals surface area (Å²) in [6.07, 6.45) is -0.451. The maximum Gasteiger partial charge on any atom is 0.463 e. The lowest BCUT2D eigenvalue weighted by atomic mass is 10.5. The quantitative estimate of drug-likeness (QED) is 0.408. The number of isothiocyanates is 1. The van der Waals surface area contributed by atoms with Gasteiger partial charge in [-0.05, 0) is 39.9 Å². The van der Waals surface area contributed by atoms with Gasteiger partial charge in [0, 0.05) is 0 Å². The predicted octanol–water partition coefficient (Wildman–Crippen LogP) is 3.05.